The van der Waals surface area contributed by atoms with Gasteiger partial charge in [0.05, 0.1) is 0 Å². The van der Waals surface area contributed by atoms with Crippen LogP contribution in [-0.2, 0) is 12.8 Å². The molecule has 2 unspecified atom stereocenters. The summed E-state index contributed by atoms with van der Waals surface area (Å²) in [6, 6.07) is 21.6. The summed E-state index contributed by atoms with van der Waals surface area (Å²) in [6.07, 6.45) is 16.3. The Hall–Kier alpha value is -1.02. The Kier molecular flexibility index (Phi) is 23.3. The second-order valence-electron chi connectivity index (χ2n) is 12.2. The molecule has 2 atom stereocenters. The van der Waals surface area contributed by atoms with Gasteiger partial charge in [-0.05, 0) is 142 Å². The van der Waals surface area contributed by atoms with E-state index >= 15 is 0 Å². The molecule has 0 amide bonds. The van der Waals surface area contributed by atoms with E-state index in [4.69, 9.17) is 25.3 Å². The lowest BCUT2D eigenvalue weighted by Gasteiger charge is -2.26. The first-order valence-corrected chi connectivity index (χ1v) is 18.4. The fourth-order valence-corrected chi connectivity index (χ4v) is 6.10. The highest BCUT2D eigenvalue weighted by Crippen LogP contribution is 2.12. The van der Waals surface area contributed by atoms with Crippen LogP contribution < -0.4 is 10.6 Å². The van der Waals surface area contributed by atoms with Gasteiger partial charge in [-0.1, -0.05) is 79.9 Å². The molecule has 0 aliphatic carbocycles. The zero-order valence-corrected chi connectivity index (χ0v) is 29.4. The monoisotopic (exact) mass is 628 g/mol. The normalized spacial score (nSPS) is 13.2. The first-order chi connectivity index (χ1) is 21.1. The second-order valence-corrected chi connectivity index (χ2v) is 13.7. The fourth-order valence-electron chi connectivity index (χ4n) is 5.64. The summed E-state index contributed by atoms with van der Waals surface area (Å²) in [7, 11) is 0. The third kappa shape index (κ3) is 20.6. The number of rotatable bonds is 28. The van der Waals surface area contributed by atoms with Gasteiger partial charge < -0.3 is 10.6 Å². The third-order valence-corrected chi connectivity index (χ3v) is 9.02. The van der Waals surface area contributed by atoms with Gasteiger partial charge in [0.1, 0.15) is 0 Å². The molecule has 0 saturated heterocycles. The van der Waals surface area contributed by atoms with Crippen molar-refractivity contribution in [3.63, 3.8) is 0 Å². The standard InChI is InChI=1S/C37H64N4S2/c1-34(42)40(32-16-12-26-38-28-18-24-36-20-8-6-9-21-36)30-14-4-3-5-15-31-41(35(2)43)33-17-13-27-39-29-19-25-37-22-10-7-11-23-37/h6-11,20-23,34-35,38-39,42-43H,3-5,12-19,24-33H2,1-2H3. The van der Waals surface area contributed by atoms with Crippen LogP contribution >= 0.6 is 25.3 Å². The van der Waals surface area contributed by atoms with Crippen LogP contribution in [0.1, 0.15) is 95.6 Å². The van der Waals surface area contributed by atoms with Crippen LogP contribution in [0.2, 0.25) is 0 Å². The smallest absolute Gasteiger partial charge is 0.0499 e. The Balaban J connectivity index is 1.40. The van der Waals surface area contributed by atoms with E-state index in [1.807, 2.05) is 0 Å². The SMILES string of the molecule is CC(S)N(CCCCCCCN(CCCCNCCCc1ccccc1)C(C)S)CCCCNCCCc1ccccc1. The number of nitrogens with one attached hydrogen (secondary N) is 2. The Bertz CT molecular complexity index is 794. The molecule has 0 spiro atoms. The van der Waals surface area contributed by atoms with Crippen LogP contribution in [0.5, 0.6) is 0 Å². The van der Waals surface area contributed by atoms with Crippen LogP contribution in [0.25, 0.3) is 0 Å². The number of unbranched alkanes of at least 4 members (excludes halogenated alkanes) is 6. The van der Waals surface area contributed by atoms with Crippen molar-refractivity contribution in [2.75, 3.05) is 52.4 Å². The summed E-state index contributed by atoms with van der Waals surface area (Å²) in [5.41, 5.74) is 2.88. The third-order valence-electron chi connectivity index (χ3n) is 8.37. The Labute approximate surface area is 277 Å². The Morgan fingerprint density at radius 1 is 0.465 bits per heavy atom. The molecule has 0 aromatic heterocycles. The van der Waals surface area contributed by atoms with Crippen molar-refractivity contribution in [2.45, 2.75) is 108 Å². The fraction of sp³-hybridized carbons (Fsp3) is 0.676. The van der Waals surface area contributed by atoms with Crippen molar-refractivity contribution in [1.82, 2.24) is 20.4 Å². The Morgan fingerprint density at radius 3 is 1.16 bits per heavy atom. The van der Waals surface area contributed by atoms with Crippen LogP contribution in [0, 0.1) is 0 Å². The van der Waals surface area contributed by atoms with E-state index in [1.165, 1.54) is 108 Å². The summed E-state index contributed by atoms with van der Waals surface area (Å²) in [4.78, 5) is 5.11. The van der Waals surface area contributed by atoms with Crippen molar-refractivity contribution in [2.24, 2.45) is 0 Å². The molecule has 2 rings (SSSR count). The van der Waals surface area contributed by atoms with Crippen molar-refractivity contribution < 1.29 is 0 Å². The van der Waals surface area contributed by atoms with Crippen molar-refractivity contribution in [3.05, 3.63) is 71.8 Å². The van der Waals surface area contributed by atoms with Gasteiger partial charge in [0.15, 0.2) is 0 Å². The van der Waals surface area contributed by atoms with Crippen LogP contribution in [0.3, 0.4) is 0 Å². The number of aryl methyl sites for hydroxylation is 2. The molecule has 4 nitrogen and oxygen atoms in total. The highest BCUT2D eigenvalue weighted by atomic mass is 32.1. The average molecular weight is 629 g/mol. The number of nitrogens with zero attached hydrogens (tertiary/aromatic N) is 2. The number of hydrogen-bond donors (Lipinski definition) is 4. The average Bonchev–Trinajstić information content (AvgIpc) is 3.01. The molecule has 2 aromatic carbocycles. The molecule has 0 saturated carbocycles. The molecule has 244 valence electrons. The minimum absolute atomic E-state index is 0.341. The molecule has 0 heterocycles. The highest BCUT2D eigenvalue weighted by molar-refractivity contribution is 7.81. The van der Waals surface area contributed by atoms with Gasteiger partial charge in [0.2, 0.25) is 0 Å². The van der Waals surface area contributed by atoms with Crippen molar-refractivity contribution in [3.8, 4) is 0 Å². The van der Waals surface area contributed by atoms with Gasteiger partial charge in [-0.2, -0.15) is 25.3 Å². The predicted molar refractivity (Wildman–Crippen MR) is 197 cm³/mol. The molecule has 0 fully saturated rings. The van der Waals surface area contributed by atoms with E-state index in [0.717, 1.165) is 39.3 Å². The summed E-state index contributed by atoms with van der Waals surface area (Å²) < 4.78 is 0. The zero-order valence-electron chi connectivity index (χ0n) is 27.6. The predicted octanol–water partition coefficient (Wildman–Crippen LogP) is 8.10. The molecule has 43 heavy (non-hydrogen) atoms. The van der Waals surface area contributed by atoms with E-state index in [-0.39, 0.29) is 0 Å². The number of hydrogen-bond acceptors (Lipinski definition) is 6. The molecule has 6 heteroatoms. The first kappa shape index (κ1) is 38.2. The van der Waals surface area contributed by atoms with E-state index in [1.54, 1.807) is 0 Å². The molecule has 0 aliphatic heterocycles. The highest BCUT2D eigenvalue weighted by Gasteiger charge is 2.11. The molecular formula is C37H64N4S2. The maximum Gasteiger partial charge on any atom is 0.0499 e. The lowest BCUT2D eigenvalue weighted by Crippen LogP contribution is -2.32. The summed E-state index contributed by atoms with van der Waals surface area (Å²) in [5, 5.41) is 7.93. The molecule has 0 radical (unpaired) electrons. The van der Waals surface area contributed by atoms with Gasteiger partial charge in [-0.25, -0.2) is 0 Å². The topological polar surface area (TPSA) is 30.5 Å². The van der Waals surface area contributed by atoms with Gasteiger partial charge in [-0.15, -0.1) is 0 Å². The zero-order chi connectivity index (χ0) is 30.8. The minimum atomic E-state index is 0.341. The lowest BCUT2D eigenvalue weighted by molar-refractivity contribution is 0.249. The maximum absolute atomic E-state index is 4.76. The quantitative estimate of drug-likeness (QED) is 0.0436. The van der Waals surface area contributed by atoms with Gasteiger partial charge in [-0.3, -0.25) is 9.80 Å². The van der Waals surface area contributed by atoms with Crippen molar-refractivity contribution >= 4 is 25.3 Å². The summed E-state index contributed by atoms with van der Waals surface area (Å²) >= 11 is 9.52. The van der Waals surface area contributed by atoms with E-state index < -0.39 is 0 Å². The first-order valence-electron chi connectivity index (χ1n) is 17.4. The minimum Gasteiger partial charge on any atom is -0.317 e. The van der Waals surface area contributed by atoms with Crippen LogP contribution in [0.15, 0.2) is 60.7 Å². The van der Waals surface area contributed by atoms with Gasteiger partial charge in [0.25, 0.3) is 0 Å². The Morgan fingerprint density at radius 2 is 0.791 bits per heavy atom. The molecule has 0 bridgehead atoms. The second kappa shape index (κ2) is 26.2. The van der Waals surface area contributed by atoms with Gasteiger partial charge in [0, 0.05) is 10.7 Å². The number of benzene rings is 2. The number of thiol groups is 2. The van der Waals surface area contributed by atoms with Crippen molar-refractivity contribution in [1.29, 1.82) is 0 Å². The van der Waals surface area contributed by atoms with E-state index in [2.05, 4.69) is 94.9 Å². The van der Waals surface area contributed by atoms with Crippen LogP contribution in [-0.4, -0.2) is 72.9 Å². The molecule has 0 aliphatic rings. The van der Waals surface area contributed by atoms with Gasteiger partial charge >= 0.3 is 0 Å². The molecule has 2 aromatic rings. The summed E-state index contributed by atoms with van der Waals surface area (Å²) in [5.74, 6) is 0. The molecule has 2 N–H and O–H groups in total. The van der Waals surface area contributed by atoms with E-state index in [9.17, 15) is 0 Å². The largest absolute Gasteiger partial charge is 0.317 e. The van der Waals surface area contributed by atoms with Crippen LogP contribution in [0.4, 0.5) is 0 Å². The maximum atomic E-state index is 4.76. The molecular weight excluding hydrogens is 565 g/mol. The summed E-state index contributed by atoms with van der Waals surface area (Å²) in [6.45, 7) is 13.6. The van der Waals surface area contributed by atoms with E-state index in [0.29, 0.717) is 10.7 Å². The lowest BCUT2D eigenvalue weighted by atomic mass is 10.1.